The zero-order chi connectivity index (χ0) is 32.2. The van der Waals surface area contributed by atoms with Crippen molar-refractivity contribution in [2.45, 2.75) is 148 Å². The number of nitrogens with zero attached hydrogens (tertiary/aromatic N) is 3. The number of aromatic nitrogens is 2. The lowest BCUT2D eigenvalue weighted by Gasteiger charge is -2.33. The number of rotatable bonds is 9. The third kappa shape index (κ3) is 9.04. The highest BCUT2D eigenvalue weighted by molar-refractivity contribution is 7.19. The van der Waals surface area contributed by atoms with Crippen molar-refractivity contribution < 1.29 is 24.2 Å². The van der Waals surface area contributed by atoms with Gasteiger partial charge in [0.15, 0.2) is 0 Å². The Kier molecular flexibility index (Phi) is 10.8. The van der Waals surface area contributed by atoms with Gasteiger partial charge in [-0.25, -0.2) is 19.6 Å². The van der Waals surface area contributed by atoms with Crippen LogP contribution in [0.25, 0.3) is 10.2 Å². The van der Waals surface area contributed by atoms with Crippen LogP contribution in [0.1, 0.15) is 134 Å². The number of unbranched alkanes of at least 4 members (excludes halogenated alkanes) is 4. The van der Waals surface area contributed by atoms with Crippen molar-refractivity contribution in [1.29, 1.82) is 5.26 Å². The monoisotopic (exact) mass is 627 g/mol. The second-order valence-corrected chi connectivity index (χ2v) is 15.3. The lowest BCUT2D eigenvalue weighted by atomic mass is 9.90. The normalized spacial score (nSPS) is 23.6. The van der Waals surface area contributed by atoms with Crippen LogP contribution in [-0.4, -0.2) is 50.5 Å². The lowest BCUT2D eigenvalue weighted by Crippen LogP contribution is -2.54. The number of hydrogen-bond acceptors (Lipinski definition) is 9. The first kappa shape index (κ1) is 33.9. The van der Waals surface area contributed by atoms with Crippen LogP contribution >= 0.6 is 11.3 Å². The Bertz CT molecular complexity index is 1370. The minimum absolute atomic E-state index is 0.0217. The van der Waals surface area contributed by atoms with Crippen molar-refractivity contribution in [2.24, 2.45) is 5.92 Å². The molecule has 3 N–H and O–H groups in total. The lowest BCUT2D eigenvalue weighted by molar-refractivity contribution is 0.0413. The van der Waals surface area contributed by atoms with Gasteiger partial charge in [0.1, 0.15) is 17.0 Å². The molecule has 0 radical (unpaired) electrons. The maximum absolute atomic E-state index is 13.0. The number of thiophene rings is 1. The molecule has 0 aliphatic heterocycles. The highest BCUT2D eigenvalue weighted by Crippen LogP contribution is 2.47. The molecule has 1 saturated carbocycles. The van der Waals surface area contributed by atoms with E-state index in [0.29, 0.717) is 25.1 Å². The van der Waals surface area contributed by atoms with Crippen molar-refractivity contribution >= 4 is 33.7 Å². The molecule has 2 aliphatic rings. The summed E-state index contributed by atoms with van der Waals surface area (Å²) in [6, 6.07) is 1.33. The van der Waals surface area contributed by atoms with Crippen LogP contribution in [-0.2, 0) is 22.3 Å². The number of nitrogens with one attached hydrogen (secondary N) is 2. The van der Waals surface area contributed by atoms with Gasteiger partial charge in [-0.05, 0) is 73.6 Å². The van der Waals surface area contributed by atoms with Crippen LogP contribution in [0.15, 0.2) is 0 Å². The van der Waals surface area contributed by atoms with E-state index in [1.54, 1.807) is 52.9 Å². The molecule has 0 spiro atoms. The van der Waals surface area contributed by atoms with Gasteiger partial charge in [0.25, 0.3) is 0 Å². The average molecular weight is 628 g/mol. The van der Waals surface area contributed by atoms with Crippen LogP contribution < -0.4 is 10.6 Å². The number of amides is 2. The van der Waals surface area contributed by atoms with Crippen LogP contribution in [0.2, 0.25) is 0 Å². The number of fused-ring (bicyclic) bond motifs is 3. The second kappa shape index (κ2) is 14.0. The van der Waals surface area contributed by atoms with E-state index < -0.39 is 41.6 Å². The SMILES string of the molecule is CCCCCCCc1nc(C2CC2C#N)nc2c3c(sc12)CC(NC(=O)OC(C)(C)C)C(NC(=O)OC(C)(C)C)CCC3O. The number of nitriles is 1. The quantitative estimate of drug-likeness (QED) is 0.252. The smallest absolute Gasteiger partial charge is 0.407 e. The van der Waals surface area contributed by atoms with Gasteiger partial charge in [-0.2, -0.15) is 5.26 Å². The highest BCUT2D eigenvalue weighted by atomic mass is 32.1. The Morgan fingerprint density at radius 2 is 1.61 bits per heavy atom. The topological polar surface area (TPSA) is 146 Å². The molecule has 10 nitrogen and oxygen atoms in total. The molecule has 0 bridgehead atoms. The summed E-state index contributed by atoms with van der Waals surface area (Å²) in [6.07, 6.45) is 6.40. The molecule has 0 saturated heterocycles. The summed E-state index contributed by atoms with van der Waals surface area (Å²) in [5.74, 6) is 0.640. The van der Waals surface area contributed by atoms with E-state index in [9.17, 15) is 20.0 Å². The van der Waals surface area contributed by atoms with Gasteiger partial charge in [0, 0.05) is 22.8 Å². The highest BCUT2D eigenvalue weighted by Gasteiger charge is 2.42. The number of carbonyl (C=O) groups excluding carboxylic acids is 2. The summed E-state index contributed by atoms with van der Waals surface area (Å²) in [5.41, 5.74) is 1.11. The maximum atomic E-state index is 13.0. The van der Waals surface area contributed by atoms with E-state index in [4.69, 9.17) is 19.4 Å². The third-order valence-electron chi connectivity index (χ3n) is 7.92. The van der Waals surface area contributed by atoms with Crippen molar-refractivity contribution in [2.75, 3.05) is 0 Å². The van der Waals surface area contributed by atoms with Crippen LogP contribution in [0.3, 0.4) is 0 Å². The van der Waals surface area contributed by atoms with E-state index in [0.717, 1.165) is 52.0 Å². The van der Waals surface area contributed by atoms with Crippen molar-refractivity contribution in [3.63, 3.8) is 0 Å². The number of carbonyl (C=O) groups is 2. The Morgan fingerprint density at radius 1 is 0.977 bits per heavy atom. The number of aliphatic hydroxyl groups is 1. The van der Waals surface area contributed by atoms with Crippen molar-refractivity contribution in [3.05, 3.63) is 22.0 Å². The summed E-state index contributed by atoms with van der Waals surface area (Å²) in [7, 11) is 0. The fourth-order valence-corrected chi connectivity index (χ4v) is 7.10. The molecule has 2 amide bonds. The Balaban J connectivity index is 1.71. The summed E-state index contributed by atoms with van der Waals surface area (Å²) in [4.78, 5) is 36.7. The average Bonchev–Trinajstić information content (AvgIpc) is 3.61. The van der Waals surface area contributed by atoms with Crippen LogP contribution in [0.4, 0.5) is 9.59 Å². The molecule has 2 heterocycles. The number of aryl methyl sites for hydroxylation is 1. The fourth-order valence-electron chi connectivity index (χ4n) is 5.73. The van der Waals surface area contributed by atoms with Gasteiger partial charge < -0.3 is 25.2 Å². The Labute approximate surface area is 265 Å². The van der Waals surface area contributed by atoms with Crippen LogP contribution in [0.5, 0.6) is 0 Å². The molecule has 2 aliphatic carbocycles. The molecular formula is C33H49N5O5S. The molecule has 2 aromatic rings. The van der Waals surface area contributed by atoms with Crippen molar-refractivity contribution in [3.8, 4) is 6.07 Å². The first-order valence-electron chi connectivity index (χ1n) is 16.1. The molecule has 1 fully saturated rings. The number of aliphatic hydroxyl groups excluding tert-OH is 1. The minimum atomic E-state index is -0.810. The maximum Gasteiger partial charge on any atom is 0.407 e. The number of ether oxygens (including phenoxy) is 2. The molecule has 0 aromatic carbocycles. The molecule has 44 heavy (non-hydrogen) atoms. The minimum Gasteiger partial charge on any atom is -0.444 e. The molecular weight excluding hydrogens is 578 g/mol. The van der Waals surface area contributed by atoms with E-state index in [-0.39, 0.29) is 11.8 Å². The number of alkyl carbamates (subject to hydrolysis) is 2. The Morgan fingerprint density at radius 3 is 2.20 bits per heavy atom. The third-order valence-corrected chi connectivity index (χ3v) is 9.18. The van der Waals surface area contributed by atoms with E-state index >= 15 is 0 Å². The zero-order valence-corrected chi connectivity index (χ0v) is 28.1. The van der Waals surface area contributed by atoms with Gasteiger partial charge >= 0.3 is 12.2 Å². The molecule has 11 heteroatoms. The predicted octanol–water partition coefficient (Wildman–Crippen LogP) is 6.99. The van der Waals surface area contributed by atoms with Gasteiger partial charge in [-0.15, -0.1) is 11.3 Å². The largest absolute Gasteiger partial charge is 0.444 e. The summed E-state index contributed by atoms with van der Waals surface area (Å²) < 4.78 is 12.1. The van der Waals surface area contributed by atoms with E-state index in [1.807, 2.05) is 0 Å². The molecule has 5 atom stereocenters. The van der Waals surface area contributed by atoms with Gasteiger partial charge in [-0.3, -0.25) is 0 Å². The molecule has 4 rings (SSSR count). The first-order valence-corrected chi connectivity index (χ1v) is 16.9. The van der Waals surface area contributed by atoms with Gasteiger partial charge in [0.05, 0.1) is 46.1 Å². The zero-order valence-electron chi connectivity index (χ0n) is 27.3. The summed E-state index contributed by atoms with van der Waals surface area (Å²) in [5, 5.41) is 27.0. The molecule has 2 aromatic heterocycles. The molecule has 242 valence electrons. The molecule has 5 unspecified atom stereocenters. The van der Waals surface area contributed by atoms with Crippen LogP contribution in [0, 0.1) is 17.2 Å². The number of hydrogen-bond donors (Lipinski definition) is 3. The van der Waals surface area contributed by atoms with E-state index in [2.05, 4.69) is 23.6 Å². The van der Waals surface area contributed by atoms with Gasteiger partial charge in [0.2, 0.25) is 0 Å². The second-order valence-electron chi connectivity index (χ2n) is 14.2. The first-order chi connectivity index (χ1) is 20.7. The summed E-state index contributed by atoms with van der Waals surface area (Å²) >= 11 is 1.56. The fraction of sp³-hybridized carbons (Fsp3) is 0.727. The standard InChI is InChI=1S/C33H49N5O5S/c1-8-9-10-11-12-13-22-28-27(38-29(35-22)20-16-19(20)18-34)26-24(39)15-14-21(36-30(40)42-32(2,3)4)23(17-25(26)44-28)37-31(41)43-33(5,6)7/h19-21,23-24,39H,8-17H2,1-7H3,(H,36,40)(H,37,41). The predicted molar refractivity (Wildman–Crippen MR) is 171 cm³/mol. The Hall–Kier alpha value is -2.97. The van der Waals surface area contributed by atoms with E-state index in [1.165, 1.54) is 19.3 Å². The van der Waals surface area contributed by atoms with Gasteiger partial charge in [-0.1, -0.05) is 32.6 Å². The van der Waals surface area contributed by atoms with Crippen molar-refractivity contribution in [1.82, 2.24) is 20.6 Å². The summed E-state index contributed by atoms with van der Waals surface area (Å²) in [6.45, 7) is 13.0.